The van der Waals surface area contributed by atoms with E-state index in [-0.39, 0.29) is 5.97 Å². The molecule has 0 aromatic carbocycles. The van der Waals surface area contributed by atoms with Crippen molar-refractivity contribution in [2.75, 3.05) is 33.8 Å². The molecule has 0 bridgehead atoms. The number of nitrogens with zero attached hydrogens (tertiary/aromatic N) is 2. The third kappa shape index (κ3) is 4.89. The first kappa shape index (κ1) is 17.1. The Kier molecular flexibility index (Phi) is 7.00. The zero-order valence-corrected chi connectivity index (χ0v) is 14.1. The first-order chi connectivity index (χ1) is 10.7. The highest BCUT2D eigenvalue weighted by Crippen LogP contribution is 2.35. The summed E-state index contributed by atoms with van der Waals surface area (Å²) in [6.45, 7) is 3.28. The average molecular weight is 309 g/mol. The first-order valence-electron chi connectivity index (χ1n) is 8.77. The van der Waals surface area contributed by atoms with Crippen molar-refractivity contribution < 1.29 is 9.53 Å². The van der Waals surface area contributed by atoms with Gasteiger partial charge in [0.05, 0.1) is 7.11 Å². The molecule has 2 aliphatic rings. The summed E-state index contributed by atoms with van der Waals surface area (Å²) in [4.78, 5) is 17.9. The third-order valence-corrected chi connectivity index (χ3v) is 5.06. The zero-order chi connectivity index (χ0) is 15.8. The summed E-state index contributed by atoms with van der Waals surface area (Å²) in [5.41, 5.74) is 0. The molecule has 5 heteroatoms. The van der Waals surface area contributed by atoms with Gasteiger partial charge in [-0.2, -0.15) is 0 Å². The Morgan fingerprint density at radius 3 is 2.45 bits per heavy atom. The van der Waals surface area contributed by atoms with Crippen LogP contribution >= 0.6 is 0 Å². The molecule has 1 saturated carbocycles. The monoisotopic (exact) mass is 309 g/mol. The minimum atomic E-state index is -0.108. The Morgan fingerprint density at radius 1 is 1.18 bits per heavy atom. The quantitative estimate of drug-likeness (QED) is 0.354. The summed E-state index contributed by atoms with van der Waals surface area (Å²) < 4.78 is 4.65. The number of hydrogen-bond acceptors (Lipinski definition) is 3. The number of hydrogen-bond donors (Lipinski definition) is 1. The molecule has 1 heterocycles. The molecule has 2 fully saturated rings. The molecule has 22 heavy (non-hydrogen) atoms. The summed E-state index contributed by atoms with van der Waals surface area (Å²) in [7, 11) is 3.32. The highest BCUT2D eigenvalue weighted by atomic mass is 16.5. The van der Waals surface area contributed by atoms with Crippen LogP contribution in [0.1, 0.15) is 51.4 Å². The Bertz CT molecular complexity index is 370. The Morgan fingerprint density at radius 2 is 1.86 bits per heavy atom. The van der Waals surface area contributed by atoms with E-state index in [2.05, 4.69) is 19.9 Å². The number of carbonyl (C=O) groups is 1. The maximum absolute atomic E-state index is 11.0. The molecule has 0 radical (unpaired) electrons. The number of methoxy groups -OCH3 is 1. The SMILES string of the molecule is CN=C(NCCCCCC(=O)OC)N1CC2CCCCC2C1. The van der Waals surface area contributed by atoms with Crippen molar-refractivity contribution >= 4 is 11.9 Å². The van der Waals surface area contributed by atoms with Crippen LogP contribution in [0.25, 0.3) is 0 Å². The lowest BCUT2D eigenvalue weighted by atomic mass is 9.82. The lowest BCUT2D eigenvalue weighted by Gasteiger charge is -2.22. The van der Waals surface area contributed by atoms with Gasteiger partial charge in [0.2, 0.25) is 0 Å². The molecule has 2 atom stereocenters. The molecule has 1 aliphatic heterocycles. The summed E-state index contributed by atoms with van der Waals surface area (Å²) in [6, 6.07) is 0. The number of carbonyl (C=O) groups excluding carboxylic acids is 1. The van der Waals surface area contributed by atoms with Crippen molar-refractivity contribution in [3.8, 4) is 0 Å². The summed E-state index contributed by atoms with van der Waals surface area (Å²) in [5, 5.41) is 3.48. The maximum atomic E-state index is 11.0. The van der Waals surface area contributed by atoms with Crippen LogP contribution in [0.15, 0.2) is 4.99 Å². The van der Waals surface area contributed by atoms with E-state index < -0.39 is 0 Å². The topological polar surface area (TPSA) is 53.9 Å². The van der Waals surface area contributed by atoms with Gasteiger partial charge in [-0.05, 0) is 37.5 Å². The molecule has 1 saturated heterocycles. The number of aliphatic imine (C=N–C) groups is 1. The number of esters is 1. The molecule has 2 rings (SSSR count). The van der Waals surface area contributed by atoms with E-state index in [1.807, 2.05) is 7.05 Å². The van der Waals surface area contributed by atoms with E-state index in [0.29, 0.717) is 6.42 Å². The van der Waals surface area contributed by atoms with Gasteiger partial charge in [-0.3, -0.25) is 9.79 Å². The van der Waals surface area contributed by atoms with Crippen LogP contribution in [0, 0.1) is 11.8 Å². The average Bonchev–Trinajstić information content (AvgIpc) is 2.97. The van der Waals surface area contributed by atoms with Crippen molar-refractivity contribution in [2.24, 2.45) is 16.8 Å². The van der Waals surface area contributed by atoms with Crippen LogP contribution < -0.4 is 5.32 Å². The van der Waals surface area contributed by atoms with E-state index >= 15 is 0 Å². The second-order valence-electron chi connectivity index (χ2n) is 6.57. The minimum absolute atomic E-state index is 0.108. The standard InChI is InChI=1S/C17H31N3O2/c1-18-17(19-11-7-3-4-10-16(21)22-2)20-12-14-8-5-6-9-15(14)13-20/h14-15H,3-13H2,1-2H3,(H,18,19). The molecule has 2 unspecified atom stereocenters. The maximum Gasteiger partial charge on any atom is 0.305 e. The molecular weight excluding hydrogens is 278 g/mol. The molecule has 0 spiro atoms. The van der Waals surface area contributed by atoms with E-state index in [4.69, 9.17) is 0 Å². The Balaban J connectivity index is 1.62. The molecule has 126 valence electrons. The van der Waals surface area contributed by atoms with E-state index in [9.17, 15) is 4.79 Å². The van der Waals surface area contributed by atoms with Crippen LogP contribution in [0.2, 0.25) is 0 Å². The number of nitrogens with one attached hydrogen (secondary N) is 1. The van der Waals surface area contributed by atoms with Crippen molar-refractivity contribution in [2.45, 2.75) is 51.4 Å². The Labute approximate surface area is 134 Å². The predicted octanol–water partition coefficient (Wildman–Crippen LogP) is 2.42. The highest BCUT2D eigenvalue weighted by molar-refractivity contribution is 5.80. The second kappa shape index (κ2) is 9.01. The van der Waals surface area contributed by atoms with Crippen molar-refractivity contribution in [3.05, 3.63) is 0 Å². The lowest BCUT2D eigenvalue weighted by Crippen LogP contribution is -2.40. The normalized spacial score (nSPS) is 25.0. The number of unbranched alkanes of at least 4 members (excludes halogenated alkanes) is 2. The minimum Gasteiger partial charge on any atom is -0.469 e. The molecule has 1 aliphatic carbocycles. The number of fused-ring (bicyclic) bond motifs is 1. The van der Waals surface area contributed by atoms with Gasteiger partial charge in [-0.15, -0.1) is 0 Å². The first-order valence-corrected chi connectivity index (χ1v) is 8.77. The van der Waals surface area contributed by atoms with Crippen molar-refractivity contribution in [3.63, 3.8) is 0 Å². The fourth-order valence-electron chi connectivity index (χ4n) is 3.78. The summed E-state index contributed by atoms with van der Waals surface area (Å²) in [5.74, 6) is 2.71. The van der Waals surface area contributed by atoms with Gasteiger partial charge in [0.15, 0.2) is 5.96 Å². The number of likely N-dealkylation sites (tertiary alicyclic amines) is 1. The Hall–Kier alpha value is -1.26. The van der Waals surface area contributed by atoms with Gasteiger partial charge >= 0.3 is 5.97 Å². The fraction of sp³-hybridized carbons (Fsp3) is 0.882. The number of ether oxygens (including phenoxy) is 1. The lowest BCUT2D eigenvalue weighted by molar-refractivity contribution is -0.140. The van der Waals surface area contributed by atoms with E-state index in [1.165, 1.54) is 45.9 Å². The van der Waals surface area contributed by atoms with Crippen LogP contribution in [-0.2, 0) is 9.53 Å². The molecule has 5 nitrogen and oxygen atoms in total. The van der Waals surface area contributed by atoms with Crippen LogP contribution in [0.3, 0.4) is 0 Å². The largest absolute Gasteiger partial charge is 0.469 e. The molecule has 0 aromatic heterocycles. The van der Waals surface area contributed by atoms with Crippen molar-refractivity contribution in [1.82, 2.24) is 10.2 Å². The smallest absolute Gasteiger partial charge is 0.305 e. The van der Waals surface area contributed by atoms with E-state index in [1.54, 1.807) is 0 Å². The van der Waals surface area contributed by atoms with Crippen LogP contribution in [0.5, 0.6) is 0 Å². The number of guanidine groups is 1. The highest BCUT2D eigenvalue weighted by Gasteiger charge is 2.35. The van der Waals surface area contributed by atoms with Crippen LogP contribution in [0.4, 0.5) is 0 Å². The van der Waals surface area contributed by atoms with Gasteiger partial charge in [0.1, 0.15) is 0 Å². The van der Waals surface area contributed by atoms with Gasteiger partial charge < -0.3 is 15.0 Å². The number of rotatable bonds is 6. The molecule has 0 aromatic rings. The zero-order valence-electron chi connectivity index (χ0n) is 14.1. The van der Waals surface area contributed by atoms with E-state index in [0.717, 1.165) is 43.6 Å². The summed E-state index contributed by atoms with van der Waals surface area (Å²) in [6.07, 6.45) is 9.14. The van der Waals surface area contributed by atoms with Crippen LogP contribution in [-0.4, -0.2) is 50.6 Å². The predicted molar refractivity (Wildman–Crippen MR) is 88.9 cm³/mol. The summed E-state index contributed by atoms with van der Waals surface area (Å²) >= 11 is 0. The third-order valence-electron chi connectivity index (χ3n) is 5.06. The second-order valence-corrected chi connectivity index (χ2v) is 6.57. The van der Waals surface area contributed by atoms with Gasteiger partial charge in [0.25, 0.3) is 0 Å². The van der Waals surface area contributed by atoms with Gasteiger partial charge in [-0.1, -0.05) is 19.3 Å². The molecule has 0 amide bonds. The fourth-order valence-corrected chi connectivity index (χ4v) is 3.78. The van der Waals surface area contributed by atoms with Gasteiger partial charge in [-0.25, -0.2) is 0 Å². The van der Waals surface area contributed by atoms with Gasteiger partial charge in [0, 0.05) is 33.1 Å². The molecular formula is C17H31N3O2. The molecule has 1 N–H and O–H groups in total. The van der Waals surface area contributed by atoms with Crippen molar-refractivity contribution in [1.29, 1.82) is 0 Å².